The van der Waals surface area contributed by atoms with Gasteiger partial charge in [0.25, 0.3) is 0 Å². The molecule has 0 spiro atoms. The van der Waals surface area contributed by atoms with E-state index in [1.807, 2.05) is 49.5 Å². The van der Waals surface area contributed by atoms with Gasteiger partial charge >= 0.3 is 0 Å². The second kappa shape index (κ2) is 8.54. The van der Waals surface area contributed by atoms with E-state index in [4.69, 9.17) is 9.47 Å². The lowest BCUT2D eigenvalue weighted by atomic mass is 10.1. The van der Waals surface area contributed by atoms with E-state index in [0.717, 1.165) is 43.1 Å². The first kappa shape index (κ1) is 20.5. The van der Waals surface area contributed by atoms with Crippen molar-refractivity contribution in [2.24, 2.45) is 5.41 Å². The number of carbonyl (C=O) groups is 1. The van der Waals surface area contributed by atoms with Crippen LogP contribution in [0, 0.1) is 5.41 Å². The smallest absolute Gasteiger partial charge is 0.217 e. The lowest BCUT2D eigenvalue weighted by Crippen LogP contribution is -2.25. The van der Waals surface area contributed by atoms with Crippen molar-refractivity contribution in [3.8, 4) is 11.6 Å². The van der Waals surface area contributed by atoms with Crippen molar-refractivity contribution < 1.29 is 14.3 Å². The molecule has 1 amide bonds. The average molecular weight is 410 g/mol. The quantitative estimate of drug-likeness (QED) is 0.711. The lowest BCUT2D eigenvalue weighted by molar-refractivity contribution is -0.119. The maximum atomic E-state index is 11.2. The normalized spacial score (nSPS) is 20.5. The molecule has 0 unspecified atom stereocenters. The van der Waals surface area contributed by atoms with Crippen molar-refractivity contribution in [2.75, 3.05) is 24.6 Å². The van der Waals surface area contributed by atoms with E-state index in [1.54, 1.807) is 0 Å². The van der Waals surface area contributed by atoms with Gasteiger partial charge in [0.1, 0.15) is 11.9 Å². The third-order valence-electron chi connectivity index (χ3n) is 6.00. The van der Waals surface area contributed by atoms with Gasteiger partial charge in [0.05, 0.1) is 19.2 Å². The van der Waals surface area contributed by atoms with Crippen LogP contribution in [0.4, 0.5) is 5.69 Å². The molecule has 1 N–H and O–H groups in total. The SMILES string of the molecule is CC(=O)N[C@@H](C)c1ccc(O[C@@H]2CCN(c3ccnc(OCC4(C)CC4)c3)C2)cc1. The third kappa shape index (κ3) is 5.23. The molecule has 1 aromatic heterocycles. The van der Waals surface area contributed by atoms with Crippen LogP contribution in [-0.4, -0.2) is 36.7 Å². The Labute approximate surface area is 178 Å². The average Bonchev–Trinajstić information content (AvgIpc) is 3.28. The van der Waals surface area contributed by atoms with Gasteiger partial charge in [-0.2, -0.15) is 0 Å². The molecule has 2 heterocycles. The Kier molecular flexibility index (Phi) is 5.84. The molecular weight excluding hydrogens is 378 g/mol. The van der Waals surface area contributed by atoms with E-state index in [-0.39, 0.29) is 18.1 Å². The van der Waals surface area contributed by atoms with Gasteiger partial charge in [-0.1, -0.05) is 19.1 Å². The number of pyridine rings is 1. The fourth-order valence-electron chi connectivity index (χ4n) is 3.76. The summed E-state index contributed by atoms with van der Waals surface area (Å²) in [6, 6.07) is 12.0. The zero-order valence-electron chi connectivity index (χ0n) is 18.1. The minimum absolute atomic E-state index is 0.0101. The molecule has 4 rings (SSSR count). The highest BCUT2D eigenvalue weighted by atomic mass is 16.5. The van der Waals surface area contributed by atoms with Crippen molar-refractivity contribution in [1.29, 1.82) is 0 Å². The summed E-state index contributed by atoms with van der Waals surface area (Å²) >= 11 is 0. The molecule has 1 saturated carbocycles. The van der Waals surface area contributed by atoms with Crippen LogP contribution in [0.5, 0.6) is 11.6 Å². The first-order valence-corrected chi connectivity index (χ1v) is 10.8. The minimum atomic E-state index is -0.0275. The zero-order chi connectivity index (χ0) is 21.1. The first-order chi connectivity index (χ1) is 14.4. The highest BCUT2D eigenvalue weighted by molar-refractivity contribution is 5.73. The monoisotopic (exact) mass is 409 g/mol. The summed E-state index contributed by atoms with van der Waals surface area (Å²) in [4.78, 5) is 17.9. The number of anilines is 1. The molecule has 2 aromatic rings. The summed E-state index contributed by atoms with van der Waals surface area (Å²) < 4.78 is 12.1. The van der Waals surface area contributed by atoms with Crippen LogP contribution in [0.1, 0.15) is 51.6 Å². The Balaban J connectivity index is 1.30. The molecule has 1 aliphatic carbocycles. The summed E-state index contributed by atoms with van der Waals surface area (Å²) in [5.41, 5.74) is 2.54. The Morgan fingerprint density at radius 2 is 2.07 bits per heavy atom. The molecule has 1 aromatic carbocycles. The van der Waals surface area contributed by atoms with Crippen molar-refractivity contribution in [3.05, 3.63) is 48.2 Å². The van der Waals surface area contributed by atoms with E-state index in [2.05, 4.69) is 22.1 Å². The van der Waals surface area contributed by atoms with Crippen LogP contribution in [0.2, 0.25) is 0 Å². The number of nitrogens with zero attached hydrogens (tertiary/aromatic N) is 2. The highest BCUT2D eigenvalue weighted by Gasteiger charge is 2.38. The number of ether oxygens (including phenoxy) is 2. The maximum absolute atomic E-state index is 11.2. The second-order valence-corrected chi connectivity index (χ2v) is 8.92. The molecule has 2 atom stereocenters. The van der Waals surface area contributed by atoms with Gasteiger partial charge in [-0.25, -0.2) is 4.98 Å². The van der Waals surface area contributed by atoms with Crippen molar-refractivity contribution in [2.45, 2.75) is 52.2 Å². The summed E-state index contributed by atoms with van der Waals surface area (Å²) in [6.07, 6.45) is 5.42. The summed E-state index contributed by atoms with van der Waals surface area (Å²) in [6.45, 7) is 8.29. The topological polar surface area (TPSA) is 63.7 Å². The molecule has 1 aliphatic heterocycles. The van der Waals surface area contributed by atoms with Gasteiger partial charge in [-0.05, 0) is 43.5 Å². The second-order valence-electron chi connectivity index (χ2n) is 8.92. The molecule has 30 heavy (non-hydrogen) atoms. The minimum Gasteiger partial charge on any atom is -0.489 e. The lowest BCUT2D eigenvalue weighted by Gasteiger charge is -2.20. The maximum Gasteiger partial charge on any atom is 0.217 e. The van der Waals surface area contributed by atoms with Gasteiger partial charge in [0, 0.05) is 43.3 Å². The van der Waals surface area contributed by atoms with Crippen LogP contribution in [0.15, 0.2) is 42.6 Å². The Morgan fingerprint density at radius 1 is 1.30 bits per heavy atom. The largest absolute Gasteiger partial charge is 0.489 e. The number of amides is 1. The Hall–Kier alpha value is -2.76. The van der Waals surface area contributed by atoms with Gasteiger partial charge in [-0.15, -0.1) is 0 Å². The number of benzene rings is 1. The standard InChI is InChI=1S/C24H31N3O3/c1-17(26-18(2)28)19-4-6-21(7-5-19)30-22-9-13-27(15-22)20-8-12-25-23(14-20)29-16-24(3)10-11-24/h4-8,12,14,17,22H,9-11,13,15-16H2,1-3H3,(H,26,28)/t17-,22+/m0/s1. The molecule has 6 nitrogen and oxygen atoms in total. The molecular formula is C24H31N3O3. The van der Waals surface area contributed by atoms with Gasteiger partial charge in [0.2, 0.25) is 11.8 Å². The molecule has 160 valence electrons. The molecule has 6 heteroatoms. The van der Waals surface area contributed by atoms with Crippen LogP contribution in [0.25, 0.3) is 0 Å². The number of aromatic nitrogens is 1. The summed E-state index contributed by atoms with van der Waals surface area (Å²) in [7, 11) is 0. The van der Waals surface area contributed by atoms with Crippen molar-refractivity contribution >= 4 is 11.6 Å². The van der Waals surface area contributed by atoms with E-state index in [0.29, 0.717) is 11.3 Å². The van der Waals surface area contributed by atoms with E-state index < -0.39 is 0 Å². The van der Waals surface area contributed by atoms with E-state index in [1.165, 1.54) is 19.8 Å². The van der Waals surface area contributed by atoms with Gasteiger partial charge in [0.15, 0.2) is 0 Å². The van der Waals surface area contributed by atoms with Gasteiger partial charge < -0.3 is 19.7 Å². The molecule has 0 radical (unpaired) electrons. The molecule has 1 saturated heterocycles. The fourth-order valence-corrected chi connectivity index (χ4v) is 3.76. The first-order valence-electron chi connectivity index (χ1n) is 10.8. The van der Waals surface area contributed by atoms with Crippen LogP contribution in [-0.2, 0) is 4.79 Å². The van der Waals surface area contributed by atoms with Crippen molar-refractivity contribution in [1.82, 2.24) is 10.3 Å². The van der Waals surface area contributed by atoms with Crippen LogP contribution in [0.3, 0.4) is 0 Å². The number of hydrogen-bond donors (Lipinski definition) is 1. The van der Waals surface area contributed by atoms with Crippen molar-refractivity contribution in [3.63, 3.8) is 0 Å². The van der Waals surface area contributed by atoms with Crippen LogP contribution < -0.4 is 19.7 Å². The summed E-state index contributed by atoms with van der Waals surface area (Å²) in [5, 5.41) is 2.90. The molecule has 2 aliphatic rings. The zero-order valence-corrected chi connectivity index (χ0v) is 18.1. The Bertz CT molecular complexity index is 880. The fraction of sp³-hybridized carbons (Fsp3) is 0.500. The number of carbonyl (C=O) groups excluding carboxylic acids is 1. The predicted molar refractivity (Wildman–Crippen MR) is 117 cm³/mol. The Morgan fingerprint density at radius 3 is 2.77 bits per heavy atom. The van der Waals surface area contributed by atoms with E-state index >= 15 is 0 Å². The number of rotatable bonds is 8. The van der Waals surface area contributed by atoms with Gasteiger partial charge in [-0.3, -0.25) is 4.79 Å². The highest BCUT2D eigenvalue weighted by Crippen LogP contribution is 2.45. The number of hydrogen-bond acceptors (Lipinski definition) is 5. The van der Waals surface area contributed by atoms with E-state index in [9.17, 15) is 4.79 Å². The molecule has 2 fully saturated rings. The van der Waals surface area contributed by atoms with Crippen LogP contribution >= 0.6 is 0 Å². The third-order valence-corrected chi connectivity index (χ3v) is 6.00. The predicted octanol–water partition coefficient (Wildman–Crippen LogP) is 4.12. The molecule has 0 bridgehead atoms. The summed E-state index contributed by atoms with van der Waals surface area (Å²) in [5.74, 6) is 1.53. The number of nitrogens with one attached hydrogen (secondary N) is 1.